The summed E-state index contributed by atoms with van der Waals surface area (Å²) in [7, 11) is 1.75. The van der Waals surface area contributed by atoms with Gasteiger partial charge in [-0.15, -0.1) is 0 Å². The monoisotopic (exact) mass is 516 g/mol. The maximum atomic E-state index is 13.2. The average Bonchev–Trinajstić information content (AvgIpc) is 3.50. The zero-order valence-electron chi connectivity index (χ0n) is 21.5. The SMILES string of the molecule is Cc1ccc(-c2nc3cc(C(=O)N(C)CCc4ccccn4)ccc3n2[C@@H](CCCN=C(N)N)C(N)=O)o1. The number of hydrogen-bond acceptors (Lipinski definition) is 6. The summed E-state index contributed by atoms with van der Waals surface area (Å²) in [6.07, 6.45) is 3.29. The van der Waals surface area contributed by atoms with Crippen LogP contribution in [0.15, 0.2) is 64.1 Å². The minimum atomic E-state index is -0.725. The molecule has 4 rings (SSSR count). The fourth-order valence-corrected chi connectivity index (χ4v) is 4.32. The van der Waals surface area contributed by atoms with Crippen molar-refractivity contribution in [3.05, 3.63) is 71.7 Å². The minimum Gasteiger partial charge on any atom is -0.458 e. The summed E-state index contributed by atoms with van der Waals surface area (Å²) < 4.78 is 7.61. The molecule has 1 atom stereocenters. The third-order valence-corrected chi connectivity index (χ3v) is 6.24. The third kappa shape index (κ3) is 6.00. The van der Waals surface area contributed by atoms with Crippen LogP contribution in [0, 0.1) is 6.92 Å². The molecular weight excluding hydrogens is 484 g/mol. The molecule has 0 saturated carbocycles. The Morgan fingerprint density at radius 2 is 1.95 bits per heavy atom. The second-order valence-corrected chi connectivity index (χ2v) is 9.08. The highest BCUT2D eigenvalue weighted by Crippen LogP contribution is 2.32. The summed E-state index contributed by atoms with van der Waals surface area (Å²) in [5.41, 5.74) is 19.3. The van der Waals surface area contributed by atoms with E-state index in [4.69, 9.17) is 26.6 Å². The number of aromatic nitrogens is 3. The molecular formula is C27H32N8O3. The molecule has 0 saturated heterocycles. The standard InChI is InChI=1S/C27H32N8O3/c1-17-8-11-23(38-17)25-33-20-16-18(26(37)34(2)15-12-19-6-3-4-13-31-19)9-10-21(20)35(25)22(24(28)36)7-5-14-32-27(29)30/h3-4,6,8-11,13,16,22H,5,7,12,14-15H2,1-2H3,(H2,28,36)(H4,29,30,32)/t22-/m0/s1. The highest BCUT2D eigenvalue weighted by molar-refractivity contribution is 5.98. The van der Waals surface area contributed by atoms with Crippen LogP contribution in [0.5, 0.6) is 0 Å². The third-order valence-electron chi connectivity index (χ3n) is 6.24. The Morgan fingerprint density at radius 3 is 2.61 bits per heavy atom. The van der Waals surface area contributed by atoms with E-state index < -0.39 is 11.9 Å². The maximum Gasteiger partial charge on any atom is 0.253 e. The number of aliphatic imine (C=N–C) groups is 1. The van der Waals surface area contributed by atoms with E-state index in [0.717, 1.165) is 5.69 Å². The Morgan fingerprint density at radius 1 is 1.13 bits per heavy atom. The van der Waals surface area contributed by atoms with Crippen molar-refractivity contribution in [3.63, 3.8) is 0 Å². The number of carbonyl (C=O) groups excluding carboxylic acids is 2. The van der Waals surface area contributed by atoms with E-state index >= 15 is 0 Å². The van der Waals surface area contributed by atoms with Crippen LogP contribution in [0.3, 0.4) is 0 Å². The van der Waals surface area contributed by atoms with Gasteiger partial charge < -0.3 is 31.1 Å². The van der Waals surface area contributed by atoms with Crippen molar-refractivity contribution in [2.45, 2.75) is 32.2 Å². The smallest absolute Gasteiger partial charge is 0.253 e. The number of rotatable bonds is 11. The van der Waals surface area contributed by atoms with Gasteiger partial charge in [-0.25, -0.2) is 4.98 Å². The van der Waals surface area contributed by atoms with Crippen LogP contribution in [0.2, 0.25) is 0 Å². The normalized spacial score (nSPS) is 11.8. The number of primary amides is 1. The summed E-state index contributed by atoms with van der Waals surface area (Å²) in [5.74, 6) is 0.973. The minimum absolute atomic E-state index is 0.0114. The molecule has 3 heterocycles. The van der Waals surface area contributed by atoms with Crippen LogP contribution in [-0.4, -0.2) is 57.3 Å². The number of carbonyl (C=O) groups is 2. The second-order valence-electron chi connectivity index (χ2n) is 9.08. The number of pyridine rings is 1. The number of guanidine groups is 1. The zero-order chi connectivity index (χ0) is 27.2. The molecule has 38 heavy (non-hydrogen) atoms. The van der Waals surface area contributed by atoms with Crippen molar-refractivity contribution < 1.29 is 14.0 Å². The topological polar surface area (TPSA) is 172 Å². The second kappa shape index (κ2) is 11.6. The molecule has 3 aromatic heterocycles. The Balaban J connectivity index is 1.66. The number of amides is 2. The number of nitrogens with two attached hydrogens (primary N) is 3. The first-order chi connectivity index (χ1) is 18.2. The van der Waals surface area contributed by atoms with Gasteiger partial charge in [0.25, 0.3) is 5.91 Å². The van der Waals surface area contributed by atoms with Crippen LogP contribution in [0.1, 0.15) is 40.7 Å². The first-order valence-corrected chi connectivity index (χ1v) is 12.3. The molecule has 198 valence electrons. The summed E-state index contributed by atoms with van der Waals surface area (Å²) in [4.78, 5) is 40.5. The van der Waals surface area contributed by atoms with Crippen molar-refractivity contribution in [2.75, 3.05) is 20.1 Å². The molecule has 1 aromatic carbocycles. The Hall–Kier alpha value is -4.67. The number of furan rings is 1. The number of imidazole rings is 1. The lowest BCUT2D eigenvalue weighted by Crippen LogP contribution is -2.29. The molecule has 0 spiro atoms. The lowest BCUT2D eigenvalue weighted by molar-refractivity contribution is -0.121. The molecule has 11 nitrogen and oxygen atoms in total. The van der Waals surface area contributed by atoms with E-state index in [1.165, 1.54) is 0 Å². The van der Waals surface area contributed by atoms with Crippen LogP contribution in [0.4, 0.5) is 0 Å². The van der Waals surface area contributed by atoms with Gasteiger partial charge in [-0.1, -0.05) is 6.07 Å². The fraction of sp³-hybridized carbons (Fsp3) is 0.296. The van der Waals surface area contributed by atoms with Crippen molar-refractivity contribution in [3.8, 4) is 11.6 Å². The summed E-state index contributed by atoms with van der Waals surface area (Å²) in [6.45, 7) is 2.70. The summed E-state index contributed by atoms with van der Waals surface area (Å²) in [5, 5.41) is 0. The van der Waals surface area contributed by atoms with Gasteiger partial charge in [0.15, 0.2) is 17.5 Å². The molecule has 0 bridgehead atoms. The molecule has 0 unspecified atom stereocenters. The molecule has 0 aliphatic heterocycles. The number of likely N-dealkylation sites (N-methyl/N-ethyl adjacent to an activating group) is 1. The highest BCUT2D eigenvalue weighted by Gasteiger charge is 2.26. The molecule has 0 aliphatic carbocycles. The summed E-state index contributed by atoms with van der Waals surface area (Å²) in [6, 6.07) is 13.8. The van der Waals surface area contributed by atoms with Crippen molar-refractivity contribution in [2.24, 2.45) is 22.2 Å². The van der Waals surface area contributed by atoms with E-state index in [9.17, 15) is 9.59 Å². The number of nitrogens with zero attached hydrogens (tertiary/aromatic N) is 5. The largest absolute Gasteiger partial charge is 0.458 e. The lowest BCUT2D eigenvalue weighted by Gasteiger charge is -2.19. The Kier molecular flexibility index (Phi) is 8.05. The van der Waals surface area contributed by atoms with E-state index in [1.54, 1.807) is 47.0 Å². The first-order valence-electron chi connectivity index (χ1n) is 12.3. The van der Waals surface area contributed by atoms with Gasteiger partial charge in [0.2, 0.25) is 5.91 Å². The predicted octanol–water partition coefficient (Wildman–Crippen LogP) is 2.39. The molecule has 11 heteroatoms. The van der Waals surface area contributed by atoms with Crippen LogP contribution in [-0.2, 0) is 11.2 Å². The fourth-order valence-electron chi connectivity index (χ4n) is 4.32. The lowest BCUT2D eigenvalue weighted by atomic mass is 10.1. The van der Waals surface area contributed by atoms with Gasteiger partial charge in [0, 0.05) is 44.0 Å². The number of benzene rings is 1. The average molecular weight is 517 g/mol. The maximum absolute atomic E-state index is 13.2. The molecule has 4 aromatic rings. The van der Waals surface area contributed by atoms with E-state index in [1.807, 2.05) is 31.2 Å². The Labute approximate surface area is 220 Å². The predicted molar refractivity (Wildman–Crippen MR) is 145 cm³/mol. The van der Waals surface area contributed by atoms with Crippen molar-refractivity contribution >= 4 is 28.8 Å². The van der Waals surface area contributed by atoms with E-state index in [-0.39, 0.29) is 11.9 Å². The van der Waals surface area contributed by atoms with Gasteiger partial charge in [0.1, 0.15) is 11.8 Å². The molecule has 2 amide bonds. The quantitative estimate of drug-likeness (QED) is 0.156. The van der Waals surface area contributed by atoms with Gasteiger partial charge in [0.05, 0.1) is 11.0 Å². The van der Waals surface area contributed by atoms with Crippen LogP contribution < -0.4 is 17.2 Å². The first kappa shape index (κ1) is 26.4. The number of aryl methyl sites for hydroxylation is 1. The number of hydrogen-bond donors (Lipinski definition) is 3. The van der Waals surface area contributed by atoms with E-state index in [0.29, 0.717) is 66.3 Å². The van der Waals surface area contributed by atoms with Gasteiger partial charge in [-0.3, -0.25) is 19.6 Å². The Bertz CT molecular complexity index is 1450. The van der Waals surface area contributed by atoms with Gasteiger partial charge >= 0.3 is 0 Å². The van der Waals surface area contributed by atoms with Gasteiger partial charge in [-0.2, -0.15) is 0 Å². The zero-order valence-corrected chi connectivity index (χ0v) is 21.5. The molecule has 6 N–H and O–H groups in total. The number of fused-ring (bicyclic) bond motifs is 1. The van der Waals surface area contributed by atoms with E-state index in [2.05, 4.69) is 9.98 Å². The highest BCUT2D eigenvalue weighted by atomic mass is 16.3. The van der Waals surface area contributed by atoms with Crippen molar-refractivity contribution in [1.82, 2.24) is 19.4 Å². The molecule has 0 aliphatic rings. The molecule has 0 radical (unpaired) electrons. The van der Waals surface area contributed by atoms with Gasteiger partial charge in [-0.05, 0) is 62.2 Å². The summed E-state index contributed by atoms with van der Waals surface area (Å²) >= 11 is 0. The van der Waals surface area contributed by atoms with Crippen LogP contribution in [0.25, 0.3) is 22.6 Å². The van der Waals surface area contributed by atoms with Crippen LogP contribution >= 0.6 is 0 Å². The van der Waals surface area contributed by atoms with Crippen molar-refractivity contribution in [1.29, 1.82) is 0 Å². The molecule has 0 fully saturated rings.